The number of hydrogen-bond acceptors (Lipinski definition) is 2. The fourth-order valence-electron chi connectivity index (χ4n) is 2.25. The Balaban J connectivity index is 2.15. The molecule has 0 radical (unpaired) electrons. The van der Waals surface area contributed by atoms with Crippen LogP contribution in [0.15, 0.2) is 0 Å². The smallest absolute Gasteiger partial charge is 0.221 e. The molecular weight excluding hydrogens is 188 g/mol. The first-order chi connectivity index (χ1) is 7.27. The van der Waals surface area contributed by atoms with Crippen molar-refractivity contribution in [3.63, 3.8) is 0 Å². The van der Waals surface area contributed by atoms with Crippen LogP contribution in [0.1, 0.15) is 46.0 Å². The Morgan fingerprint density at radius 2 is 2.27 bits per heavy atom. The van der Waals surface area contributed by atoms with Gasteiger partial charge >= 0.3 is 0 Å². The quantitative estimate of drug-likeness (QED) is 0.728. The van der Waals surface area contributed by atoms with Crippen LogP contribution in [0.4, 0.5) is 0 Å². The molecule has 1 aliphatic heterocycles. The van der Waals surface area contributed by atoms with Crippen LogP contribution >= 0.6 is 0 Å². The summed E-state index contributed by atoms with van der Waals surface area (Å²) < 4.78 is 0. The van der Waals surface area contributed by atoms with Gasteiger partial charge in [0.05, 0.1) is 0 Å². The van der Waals surface area contributed by atoms with Gasteiger partial charge in [-0.05, 0) is 32.2 Å². The van der Waals surface area contributed by atoms with E-state index < -0.39 is 0 Å². The Labute approximate surface area is 93.2 Å². The number of likely N-dealkylation sites (tertiary alicyclic amines) is 1. The van der Waals surface area contributed by atoms with Crippen LogP contribution in [0.25, 0.3) is 0 Å². The van der Waals surface area contributed by atoms with Crippen molar-refractivity contribution in [2.75, 3.05) is 19.6 Å². The van der Waals surface area contributed by atoms with Crippen molar-refractivity contribution in [3.05, 3.63) is 0 Å². The van der Waals surface area contributed by atoms with E-state index in [0.29, 0.717) is 6.42 Å². The van der Waals surface area contributed by atoms with E-state index in [1.54, 1.807) is 0 Å². The first-order valence-electron chi connectivity index (χ1n) is 6.28. The lowest BCUT2D eigenvalue weighted by Crippen LogP contribution is -2.34. The fraction of sp³-hybridized carbons (Fsp3) is 0.917. The second kappa shape index (κ2) is 6.83. The molecule has 0 aliphatic carbocycles. The number of hydrogen-bond donors (Lipinski definition) is 1. The molecule has 3 heteroatoms. The van der Waals surface area contributed by atoms with E-state index in [1.807, 2.05) is 0 Å². The minimum absolute atomic E-state index is 0.207. The largest absolute Gasteiger partial charge is 0.356 e. The van der Waals surface area contributed by atoms with Gasteiger partial charge in [-0.15, -0.1) is 0 Å². The maximum Gasteiger partial charge on any atom is 0.221 e. The van der Waals surface area contributed by atoms with E-state index in [9.17, 15) is 4.79 Å². The Kier molecular flexibility index (Phi) is 5.69. The van der Waals surface area contributed by atoms with Crippen LogP contribution in [0.3, 0.4) is 0 Å². The topological polar surface area (TPSA) is 32.3 Å². The fourth-order valence-corrected chi connectivity index (χ4v) is 2.25. The normalized spacial score (nSPS) is 21.9. The molecule has 1 amide bonds. The molecule has 1 saturated heterocycles. The Morgan fingerprint density at radius 3 is 2.93 bits per heavy atom. The SMILES string of the molecule is CCCNC(=O)CCN1CCC[C@H]1CC. The lowest BCUT2D eigenvalue weighted by atomic mass is 10.1. The minimum atomic E-state index is 0.207. The van der Waals surface area contributed by atoms with E-state index in [0.717, 1.165) is 25.6 Å². The van der Waals surface area contributed by atoms with Crippen molar-refractivity contribution in [1.82, 2.24) is 10.2 Å². The molecule has 1 aliphatic rings. The molecule has 1 heterocycles. The highest BCUT2D eigenvalue weighted by atomic mass is 16.1. The van der Waals surface area contributed by atoms with Crippen LogP contribution in [0.2, 0.25) is 0 Å². The third-order valence-electron chi connectivity index (χ3n) is 3.17. The van der Waals surface area contributed by atoms with E-state index in [1.165, 1.54) is 25.8 Å². The summed E-state index contributed by atoms with van der Waals surface area (Å²) in [5.41, 5.74) is 0. The molecule has 88 valence electrons. The number of nitrogens with zero attached hydrogens (tertiary/aromatic N) is 1. The maximum absolute atomic E-state index is 11.4. The van der Waals surface area contributed by atoms with E-state index in [4.69, 9.17) is 0 Å². The average Bonchev–Trinajstić information content (AvgIpc) is 2.70. The summed E-state index contributed by atoms with van der Waals surface area (Å²) in [5.74, 6) is 0.207. The third kappa shape index (κ3) is 4.20. The third-order valence-corrected chi connectivity index (χ3v) is 3.17. The lowest BCUT2D eigenvalue weighted by molar-refractivity contribution is -0.121. The predicted octanol–water partition coefficient (Wildman–Crippen LogP) is 1.78. The van der Waals surface area contributed by atoms with Crippen LogP contribution in [0, 0.1) is 0 Å². The van der Waals surface area contributed by atoms with Crippen LogP contribution in [-0.2, 0) is 4.79 Å². The first kappa shape index (κ1) is 12.5. The van der Waals surface area contributed by atoms with E-state index >= 15 is 0 Å². The van der Waals surface area contributed by atoms with Gasteiger partial charge in [-0.25, -0.2) is 0 Å². The highest BCUT2D eigenvalue weighted by Gasteiger charge is 2.22. The zero-order chi connectivity index (χ0) is 11.1. The molecule has 0 spiro atoms. The molecular formula is C12H24N2O. The zero-order valence-electron chi connectivity index (χ0n) is 10.1. The molecule has 0 unspecified atom stereocenters. The summed E-state index contributed by atoms with van der Waals surface area (Å²) >= 11 is 0. The van der Waals surface area contributed by atoms with Crippen molar-refractivity contribution >= 4 is 5.91 Å². The highest BCUT2D eigenvalue weighted by Crippen LogP contribution is 2.19. The number of carbonyl (C=O) groups excluding carboxylic acids is 1. The molecule has 3 nitrogen and oxygen atoms in total. The Bertz CT molecular complexity index is 194. The number of carbonyl (C=O) groups is 1. The monoisotopic (exact) mass is 212 g/mol. The summed E-state index contributed by atoms with van der Waals surface area (Å²) in [6, 6.07) is 0.726. The van der Waals surface area contributed by atoms with E-state index in [2.05, 4.69) is 24.1 Å². The van der Waals surface area contributed by atoms with Crippen LogP contribution in [0.5, 0.6) is 0 Å². The van der Waals surface area contributed by atoms with Crippen LogP contribution < -0.4 is 5.32 Å². The van der Waals surface area contributed by atoms with Gasteiger partial charge in [-0.1, -0.05) is 13.8 Å². The highest BCUT2D eigenvalue weighted by molar-refractivity contribution is 5.75. The summed E-state index contributed by atoms with van der Waals surface area (Å²) in [5, 5.41) is 2.92. The molecule has 1 rings (SSSR count). The van der Waals surface area contributed by atoms with Gasteiger partial charge in [-0.2, -0.15) is 0 Å². The van der Waals surface area contributed by atoms with Gasteiger partial charge in [0.2, 0.25) is 5.91 Å². The van der Waals surface area contributed by atoms with E-state index in [-0.39, 0.29) is 5.91 Å². The second-order valence-electron chi connectivity index (χ2n) is 4.34. The molecule has 1 atom stereocenters. The van der Waals surface area contributed by atoms with Crippen molar-refractivity contribution < 1.29 is 4.79 Å². The van der Waals surface area contributed by atoms with Crippen molar-refractivity contribution in [2.45, 2.75) is 52.0 Å². The molecule has 1 N–H and O–H groups in total. The predicted molar refractivity (Wildman–Crippen MR) is 62.8 cm³/mol. The molecule has 1 fully saturated rings. The Morgan fingerprint density at radius 1 is 1.47 bits per heavy atom. The lowest BCUT2D eigenvalue weighted by Gasteiger charge is -2.22. The molecule has 0 saturated carbocycles. The number of rotatable bonds is 6. The molecule has 0 aromatic heterocycles. The second-order valence-corrected chi connectivity index (χ2v) is 4.34. The van der Waals surface area contributed by atoms with Gasteiger partial charge in [-0.3, -0.25) is 9.69 Å². The summed E-state index contributed by atoms with van der Waals surface area (Å²) in [7, 11) is 0. The van der Waals surface area contributed by atoms with Crippen LogP contribution in [-0.4, -0.2) is 36.5 Å². The van der Waals surface area contributed by atoms with Gasteiger partial charge in [0.15, 0.2) is 0 Å². The first-order valence-corrected chi connectivity index (χ1v) is 6.28. The van der Waals surface area contributed by atoms with Gasteiger partial charge in [0, 0.05) is 25.6 Å². The number of nitrogens with one attached hydrogen (secondary N) is 1. The van der Waals surface area contributed by atoms with Gasteiger partial charge in [0.25, 0.3) is 0 Å². The van der Waals surface area contributed by atoms with Gasteiger partial charge in [0.1, 0.15) is 0 Å². The zero-order valence-corrected chi connectivity index (χ0v) is 10.1. The van der Waals surface area contributed by atoms with Crippen molar-refractivity contribution in [2.24, 2.45) is 0 Å². The number of amides is 1. The van der Waals surface area contributed by atoms with Gasteiger partial charge < -0.3 is 5.32 Å². The molecule has 15 heavy (non-hydrogen) atoms. The standard InChI is InChI=1S/C12H24N2O/c1-3-8-13-12(15)7-10-14-9-5-6-11(14)4-2/h11H,3-10H2,1-2H3,(H,13,15)/t11-/m1/s1. The molecule has 0 aromatic carbocycles. The summed E-state index contributed by atoms with van der Waals surface area (Å²) in [6.45, 7) is 7.25. The molecule has 0 bridgehead atoms. The van der Waals surface area contributed by atoms with Crippen molar-refractivity contribution in [1.29, 1.82) is 0 Å². The summed E-state index contributed by atoms with van der Waals surface area (Å²) in [4.78, 5) is 13.9. The minimum Gasteiger partial charge on any atom is -0.356 e. The van der Waals surface area contributed by atoms with Crippen molar-refractivity contribution in [3.8, 4) is 0 Å². The molecule has 0 aromatic rings. The summed E-state index contributed by atoms with van der Waals surface area (Å²) in [6.07, 6.45) is 5.52. The Hall–Kier alpha value is -0.570. The maximum atomic E-state index is 11.4. The average molecular weight is 212 g/mol.